The minimum atomic E-state index is -3.39. The van der Waals surface area contributed by atoms with Gasteiger partial charge in [-0.05, 0) is 18.4 Å². The summed E-state index contributed by atoms with van der Waals surface area (Å²) in [6, 6.07) is 1.54. The number of aryl methyl sites for hydroxylation is 1. The predicted octanol–water partition coefficient (Wildman–Crippen LogP) is 1.21. The number of nitrogens with zero attached hydrogens (tertiary/aromatic N) is 3. The Morgan fingerprint density at radius 1 is 1.53 bits per heavy atom. The molecule has 1 aliphatic heterocycles. The normalized spacial score (nSPS) is 27.2. The van der Waals surface area contributed by atoms with Crippen LogP contribution in [0.2, 0.25) is 0 Å². The third-order valence-corrected chi connectivity index (χ3v) is 6.44. The van der Waals surface area contributed by atoms with E-state index < -0.39 is 10.0 Å². The number of alkyl halides is 1. The third-order valence-electron chi connectivity index (χ3n) is 3.14. The molecule has 0 saturated carbocycles. The zero-order valence-electron chi connectivity index (χ0n) is 9.88. The van der Waals surface area contributed by atoms with Gasteiger partial charge in [0, 0.05) is 25.0 Å². The fraction of sp³-hybridized carbons (Fsp3) is 0.700. The Balaban J connectivity index is 2.26. The molecule has 2 heterocycles. The maximum Gasteiger partial charge on any atom is 0.260 e. The van der Waals surface area contributed by atoms with E-state index in [9.17, 15) is 8.42 Å². The van der Waals surface area contributed by atoms with Gasteiger partial charge in [0.2, 0.25) is 0 Å². The molecule has 0 aliphatic carbocycles. The molecule has 2 unspecified atom stereocenters. The summed E-state index contributed by atoms with van der Waals surface area (Å²) in [5, 5.41) is 4.18. The number of rotatable bonds is 2. The smallest absolute Gasteiger partial charge is 0.256 e. The second-order valence-electron chi connectivity index (χ2n) is 4.44. The van der Waals surface area contributed by atoms with E-state index in [1.165, 1.54) is 10.9 Å². The van der Waals surface area contributed by atoms with Crippen molar-refractivity contribution >= 4 is 26.0 Å². The molecular formula is C10H16BrN3O2S. The zero-order valence-corrected chi connectivity index (χ0v) is 12.3. The van der Waals surface area contributed by atoms with Crippen LogP contribution >= 0.6 is 15.9 Å². The molecular weight excluding hydrogens is 306 g/mol. The van der Waals surface area contributed by atoms with E-state index in [2.05, 4.69) is 28.0 Å². The molecule has 96 valence electrons. The van der Waals surface area contributed by atoms with Crippen molar-refractivity contribution in [1.29, 1.82) is 0 Å². The van der Waals surface area contributed by atoms with Crippen molar-refractivity contribution in [2.75, 3.05) is 13.1 Å². The van der Waals surface area contributed by atoms with Gasteiger partial charge in [-0.25, -0.2) is 8.42 Å². The summed E-state index contributed by atoms with van der Waals surface area (Å²) < 4.78 is 27.7. The number of piperidine rings is 1. The average molecular weight is 322 g/mol. The van der Waals surface area contributed by atoms with Crippen LogP contribution in [0.4, 0.5) is 0 Å². The number of aromatic nitrogens is 2. The first-order valence-electron chi connectivity index (χ1n) is 5.55. The molecule has 0 radical (unpaired) electrons. The summed E-state index contributed by atoms with van der Waals surface area (Å²) in [7, 11) is -1.75. The van der Waals surface area contributed by atoms with Gasteiger partial charge in [-0.2, -0.15) is 9.40 Å². The lowest BCUT2D eigenvalue weighted by Crippen LogP contribution is -2.43. The molecule has 7 heteroatoms. The molecule has 1 saturated heterocycles. The van der Waals surface area contributed by atoms with Gasteiger partial charge in [-0.15, -0.1) is 0 Å². The van der Waals surface area contributed by atoms with Crippen LogP contribution in [-0.4, -0.2) is 40.4 Å². The fourth-order valence-corrected chi connectivity index (χ4v) is 4.07. The lowest BCUT2D eigenvalue weighted by molar-refractivity contribution is 0.290. The van der Waals surface area contributed by atoms with E-state index in [1.54, 1.807) is 17.4 Å². The van der Waals surface area contributed by atoms with Crippen molar-refractivity contribution in [2.45, 2.75) is 23.2 Å². The highest BCUT2D eigenvalue weighted by molar-refractivity contribution is 9.09. The molecule has 0 aromatic carbocycles. The van der Waals surface area contributed by atoms with Crippen molar-refractivity contribution in [3.05, 3.63) is 12.3 Å². The van der Waals surface area contributed by atoms with Crippen molar-refractivity contribution in [1.82, 2.24) is 14.1 Å². The molecule has 0 N–H and O–H groups in total. The van der Waals surface area contributed by atoms with Gasteiger partial charge in [0.25, 0.3) is 10.0 Å². The topological polar surface area (TPSA) is 55.2 Å². The quantitative estimate of drug-likeness (QED) is 0.769. The monoisotopic (exact) mass is 321 g/mol. The minimum Gasteiger partial charge on any atom is -0.256 e. The van der Waals surface area contributed by atoms with Crippen LogP contribution < -0.4 is 0 Å². The Kier molecular flexibility index (Phi) is 3.61. The minimum absolute atomic E-state index is 0.262. The van der Waals surface area contributed by atoms with E-state index in [-0.39, 0.29) is 5.03 Å². The standard InChI is InChI=1S/C10H16BrN3O2S/c1-8-7-14(6-4-9(8)11)17(15,16)10-3-5-12-13(10)2/h3,5,8-9H,4,6-7H2,1-2H3. The first-order chi connectivity index (χ1) is 7.93. The molecule has 1 fully saturated rings. The fourth-order valence-electron chi connectivity index (χ4n) is 2.04. The van der Waals surface area contributed by atoms with E-state index in [1.807, 2.05) is 0 Å². The molecule has 0 bridgehead atoms. The number of hydrogen-bond acceptors (Lipinski definition) is 3. The summed E-state index contributed by atoms with van der Waals surface area (Å²) in [5.74, 6) is 0.326. The van der Waals surface area contributed by atoms with Gasteiger partial charge in [0.05, 0.1) is 6.20 Å². The van der Waals surface area contributed by atoms with Crippen molar-refractivity contribution in [2.24, 2.45) is 13.0 Å². The van der Waals surface area contributed by atoms with Crippen molar-refractivity contribution in [3.8, 4) is 0 Å². The van der Waals surface area contributed by atoms with Gasteiger partial charge in [0.1, 0.15) is 0 Å². The molecule has 1 aliphatic rings. The lowest BCUT2D eigenvalue weighted by Gasteiger charge is -2.33. The molecule has 0 amide bonds. The van der Waals surface area contributed by atoms with Gasteiger partial charge >= 0.3 is 0 Å². The Labute approximate surface area is 110 Å². The van der Waals surface area contributed by atoms with Crippen LogP contribution in [0.15, 0.2) is 17.3 Å². The third kappa shape index (κ3) is 2.41. The van der Waals surface area contributed by atoms with Crippen LogP contribution in [0.1, 0.15) is 13.3 Å². The predicted molar refractivity (Wildman–Crippen MR) is 68.5 cm³/mol. The van der Waals surface area contributed by atoms with E-state index in [0.717, 1.165) is 6.42 Å². The molecule has 2 atom stereocenters. The number of halogens is 1. The second-order valence-corrected chi connectivity index (χ2v) is 7.50. The summed E-state index contributed by atoms with van der Waals surface area (Å²) in [6.07, 6.45) is 2.35. The molecule has 1 aromatic heterocycles. The Morgan fingerprint density at radius 3 is 2.76 bits per heavy atom. The molecule has 17 heavy (non-hydrogen) atoms. The summed E-state index contributed by atoms with van der Waals surface area (Å²) in [4.78, 5) is 0.403. The van der Waals surface area contributed by atoms with Gasteiger partial charge in [-0.3, -0.25) is 4.68 Å². The second kappa shape index (κ2) is 4.70. The van der Waals surface area contributed by atoms with Crippen molar-refractivity contribution < 1.29 is 8.42 Å². The van der Waals surface area contributed by atoms with Crippen LogP contribution in [-0.2, 0) is 17.1 Å². The van der Waals surface area contributed by atoms with E-state index >= 15 is 0 Å². The van der Waals surface area contributed by atoms with Crippen LogP contribution in [0.3, 0.4) is 0 Å². The number of hydrogen-bond donors (Lipinski definition) is 0. The highest BCUT2D eigenvalue weighted by Gasteiger charge is 2.33. The van der Waals surface area contributed by atoms with Gasteiger partial charge < -0.3 is 0 Å². The Hall–Kier alpha value is -0.400. The molecule has 1 aromatic rings. The number of sulfonamides is 1. The van der Waals surface area contributed by atoms with Crippen LogP contribution in [0, 0.1) is 5.92 Å². The average Bonchev–Trinajstić information content (AvgIpc) is 2.69. The van der Waals surface area contributed by atoms with Crippen LogP contribution in [0.5, 0.6) is 0 Å². The van der Waals surface area contributed by atoms with Crippen LogP contribution in [0.25, 0.3) is 0 Å². The lowest BCUT2D eigenvalue weighted by atomic mass is 10.0. The molecule has 2 rings (SSSR count). The Bertz CT molecular complexity index is 499. The summed E-state index contributed by atoms with van der Waals surface area (Å²) in [6.45, 7) is 3.18. The van der Waals surface area contributed by atoms with Crippen molar-refractivity contribution in [3.63, 3.8) is 0 Å². The largest absolute Gasteiger partial charge is 0.260 e. The zero-order chi connectivity index (χ0) is 12.6. The molecule has 0 spiro atoms. The maximum atomic E-state index is 12.4. The first-order valence-corrected chi connectivity index (χ1v) is 7.90. The van der Waals surface area contributed by atoms with E-state index in [0.29, 0.717) is 23.8 Å². The van der Waals surface area contributed by atoms with Gasteiger partial charge in [0.15, 0.2) is 5.03 Å². The SMILES string of the molecule is CC1CN(S(=O)(=O)c2ccnn2C)CCC1Br. The van der Waals surface area contributed by atoms with Gasteiger partial charge in [-0.1, -0.05) is 22.9 Å². The van der Waals surface area contributed by atoms with E-state index in [4.69, 9.17) is 0 Å². The first kappa shape index (κ1) is 13.0. The maximum absolute atomic E-state index is 12.4. The summed E-state index contributed by atoms with van der Waals surface area (Å²) >= 11 is 3.57. The molecule has 5 nitrogen and oxygen atoms in total. The Morgan fingerprint density at radius 2 is 2.24 bits per heavy atom. The summed E-state index contributed by atoms with van der Waals surface area (Å²) in [5.41, 5.74) is 0. The highest BCUT2D eigenvalue weighted by Crippen LogP contribution is 2.27. The highest BCUT2D eigenvalue weighted by atomic mass is 79.9.